The Bertz CT molecular complexity index is 274. The van der Waals surface area contributed by atoms with E-state index in [0.717, 1.165) is 0 Å². The summed E-state index contributed by atoms with van der Waals surface area (Å²) >= 11 is 0. The fourth-order valence-electron chi connectivity index (χ4n) is 2.46. The van der Waals surface area contributed by atoms with Crippen LogP contribution >= 0.6 is 0 Å². The van der Waals surface area contributed by atoms with Crippen LogP contribution in [0.4, 0.5) is 0 Å². The predicted molar refractivity (Wildman–Crippen MR) is 83.1 cm³/mol. The van der Waals surface area contributed by atoms with Crippen molar-refractivity contribution >= 4 is 0 Å². The molecular formula is C18H31K. The zero-order valence-corrected chi connectivity index (χ0v) is 16.3. The maximum Gasteiger partial charge on any atom is 1.00 e. The van der Waals surface area contributed by atoms with Gasteiger partial charge in [-0.15, -0.1) is 0 Å². The van der Waals surface area contributed by atoms with Crippen LogP contribution in [0.25, 0.3) is 0 Å². The summed E-state index contributed by atoms with van der Waals surface area (Å²) in [6, 6.07) is 10.9. The quantitative estimate of drug-likeness (QED) is 0.433. The molecule has 0 N–H and O–H groups in total. The Balaban J connectivity index is 0. The van der Waals surface area contributed by atoms with Crippen molar-refractivity contribution in [1.29, 1.82) is 0 Å². The normalized spacial score (nSPS) is 10.2. The largest absolute Gasteiger partial charge is 1.00 e. The second-order valence-corrected chi connectivity index (χ2v) is 5.42. The Morgan fingerprint density at radius 2 is 1.16 bits per heavy atom. The van der Waals surface area contributed by atoms with E-state index < -0.39 is 0 Å². The fraction of sp³-hybridized carbons (Fsp3) is 0.667. The van der Waals surface area contributed by atoms with Crippen molar-refractivity contribution in [3.05, 3.63) is 35.9 Å². The number of hydrogen-bond acceptors (Lipinski definition) is 0. The van der Waals surface area contributed by atoms with Crippen LogP contribution in [0.1, 0.15) is 78.1 Å². The molecule has 1 aromatic rings. The van der Waals surface area contributed by atoms with Gasteiger partial charge in [-0.25, -0.2) is 0 Å². The minimum atomic E-state index is 0. The van der Waals surface area contributed by atoms with Crippen LogP contribution in [-0.2, 0) is 6.42 Å². The second kappa shape index (κ2) is 15.2. The van der Waals surface area contributed by atoms with Crippen LogP contribution in [0.2, 0.25) is 0 Å². The van der Waals surface area contributed by atoms with Gasteiger partial charge in [-0.05, 0) is 18.4 Å². The third-order valence-corrected chi connectivity index (χ3v) is 3.66. The fourth-order valence-corrected chi connectivity index (χ4v) is 2.46. The van der Waals surface area contributed by atoms with Crippen molar-refractivity contribution < 1.29 is 52.8 Å². The summed E-state index contributed by atoms with van der Waals surface area (Å²) in [6.07, 6.45) is 15.5. The van der Waals surface area contributed by atoms with Gasteiger partial charge in [0.15, 0.2) is 0 Å². The Morgan fingerprint density at radius 1 is 0.684 bits per heavy atom. The minimum absolute atomic E-state index is 0. The molecule has 0 fully saturated rings. The molecule has 0 amide bonds. The molecule has 0 heterocycles. The molecule has 0 aliphatic heterocycles. The van der Waals surface area contributed by atoms with E-state index in [4.69, 9.17) is 0 Å². The molecule has 0 spiro atoms. The molecule has 1 rings (SSSR count). The van der Waals surface area contributed by atoms with Gasteiger partial charge < -0.3 is 1.43 Å². The summed E-state index contributed by atoms with van der Waals surface area (Å²) in [4.78, 5) is 0. The zero-order chi connectivity index (χ0) is 12.9. The Morgan fingerprint density at radius 3 is 1.68 bits per heavy atom. The third-order valence-electron chi connectivity index (χ3n) is 3.66. The first kappa shape index (κ1) is 19.9. The van der Waals surface area contributed by atoms with Crippen molar-refractivity contribution in [2.75, 3.05) is 0 Å². The van der Waals surface area contributed by atoms with E-state index in [0.29, 0.717) is 0 Å². The van der Waals surface area contributed by atoms with Crippen molar-refractivity contribution in [3.8, 4) is 0 Å². The summed E-state index contributed by atoms with van der Waals surface area (Å²) in [7, 11) is 0. The molecule has 0 bridgehead atoms. The smallest absolute Gasteiger partial charge is 1.00 e. The van der Waals surface area contributed by atoms with Gasteiger partial charge in [-0.2, -0.15) is 0 Å². The van der Waals surface area contributed by atoms with E-state index in [1.807, 2.05) is 0 Å². The number of aryl methyl sites for hydroxylation is 1. The standard InChI is InChI=1S/C18H30.K.H/c1-2-3-4-5-6-7-8-9-10-12-15-18-16-13-11-14-17-18;;/h11,13-14,16-17H,2-10,12,15H2,1H3;;/q;+1;-1. The van der Waals surface area contributed by atoms with Crippen LogP contribution in [0.3, 0.4) is 0 Å². The molecule has 1 aromatic carbocycles. The Kier molecular flexibility index (Phi) is 15.9. The van der Waals surface area contributed by atoms with Gasteiger partial charge in [0.05, 0.1) is 0 Å². The summed E-state index contributed by atoms with van der Waals surface area (Å²) in [5.74, 6) is 0. The van der Waals surface area contributed by atoms with E-state index in [-0.39, 0.29) is 52.8 Å². The molecule has 0 aliphatic carbocycles. The van der Waals surface area contributed by atoms with Crippen molar-refractivity contribution in [2.24, 2.45) is 0 Å². The number of hydrogen-bond donors (Lipinski definition) is 0. The van der Waals surface area contributed by atoms with Gasteiger partial charge >= 0.3 is 51.4 Å². The molecule has 0 unspecified atom stereocenters. The van der Waals surface area contributed by atoms with Crippen molar-refractivity contribution in [1.82, 2.24) is 0 Å². The van der Waals surface area contributed by atoms with Gasteiger partial charge in [0, 0.05) is 0 Å². The van der Waals surface area contributed by atoms with Crippen LogP contribution in [0.5, 0.6) is 0 Å². The van der Waals surface area contributed by atoms with Gasteiger partial charge in [0.25, 0.3) is 0 Å². The molecule has 1 heteroatoms. The molecule has 0 saturated heterocycles. The molecule has 0 aliphatic rings. The molecule has 0 nitrogen and oxygen atoms in total. The monoisotopic (exact) mass is 286 g/mol. The molecular weight excluding hydrogens is 255 g/mol. The SMILES string of the molecule is CCCCCCCCCCCCc1ccccc1.[H-].[K+]. The van der Waals surface area contributed by atoms with Crippen LogP contribution in [0, 0.1) is 0 Å². The minimum Gasteiger partial charge on any atom is -1.00 e. The molecule has 104 valence electrons. The first-order chi connectivity index (χ1) is 8.93. The maximum absolute atomic E-state index is 2.28. The van der Waals surface area contributed by atoms with Gasteiger partial charge in [0.1, 0.15) is 0 Å². The van der Waals surface area contributed by atoms with E-state index in [9.17, 15) is 0 Å². The maximum atomic E-state index is 2.28. The molecule has 0 saturated carbocycles. The zero-order valence-electron chi connectivity index (χ0n) is 14.2. The van der Waals surface area contributed by atoms with E-state index in [2.05, 4.69) is 37.3 Å². The average Bonchev–Trinajstić information content (AvgIpc) is 2.42. The third kappa shape index (κ3) is 12.3. The van der Waals surface area contributed by atoms with Gasteiger partial charge in [-0.1, -0.05) is 95.0 Å². The molecule has 19 heavy (non-hydrogen) atoms. The molecule has 0 aromatic heterocycles. The van der Waals surface area contributed by atoms with Crippen LogP contribution in [-0.4, -0.2) is 0 Å². The van der Waals surface area contributed by atoms with Gasteiger partial charge in [-0.3, -0.25) is 0 Å². The number of rotatable bonds is 11. The summed E-state index contributed by atoms with van der Waals surface area (Å²) < 4.78 is 0. The van der Waals surface area contributed by atoms with E-state index in [1.165, 1.54) is 76.2 Å². The van der Waals surface area contributed by atoms with Crippen LogP contribution in [0.15, 0.2) is 30.3 Å². The summed E-state index contributed by atoms with van der Waals surface area (Å²) in [5, 5.41) is 0. The first-order valence-electron chi connectivity index (χ1n) is 7.97. The number of benzene rings is 1. The predicted octanol–water partition coefficient (Wildman–Crippen LogP) is 3.27. The number of unbranched alkanes of at least 4 members (excludes halogenated alkanes) is 9. The average molecular weight is 287 g/mol. The summed E-state index contributed by atoms with van der Waals surface area (Å²) in [5.41, 5.74) is 1.50. The first-order valence-corrected chi connectivity index (χ1v) is 7.97. The van der Waals surface area contributed by atoms with E-state index >= 15 is 0 Å². The van der Waals surface area contributed by atoms with Crippen LogP contribution < -0.4 is 51.4 Å². The second-order valence-electron chi connectivity index (χ2n) is 5.42. The Labute approximate surface area is 164 Å². The molecule has 0 radical (unpaired) electrons. The Hall–Kier alpha value is 0.856. The van der Waals surface area contributed by atoms with Gasteiger partial charge in [0.2, 0.25) is 0 Å². The van der Waals surface area contributed by atoms with Crippen molar-refractivity contribution in [2.45, 2.75) is 77.6 Å². The topological polar surface area (TPSA) is 0 Å². The van der Waals surface area contributed by atoms with E-state index in [1.54, 1.807) is 0 Å². The summed E-state index contributed by atoms with van der Waals surface area (Å²) in [6.45, 7) is 2.28. The molecule has 0 atom stereocenters. The van der Waals surface area contributed by atoms with Crippen molar-refractivity contribution in [3.63, 3.8) is 0 Å².